The zero-order chi connectivity index (χ0) is 14.0. The lowest BCUT2D eigenvalue weighted by molar-refractivity contribution is 0.0695. The molecule has 0 radical (unpaired) electrons. The van der Waals surface area contributed by atoms with Crippen molar-refractivity contribution >= 4 is 34.9 Å². The Balaban J connectivity index is 2.10. The van der Waals surface area contributed by atoms with E-state index >= 15 is 0 Å². The standard InChI is InChI=1S/C13H11Cl2NO3/c1-7-12(13(17)18)5-11(19-7)6-16-10-3-8(14)2-9(15)4-10/h2-5,16H,6H2,1H3,(H,17,18). The number of halogens is 2. The Morgan fingerprint density at radius 3 is 2.42 bits per heavy atom. The summed E-state index contributed by atoms with van der Waals surface area (Å²) in [5, 5.41) is 13.0. The Labute approximate surface area is 119 Å². The van der Waals surface area contributed by atoms with Crippen LogP contribution in [0.1, 0.15) is 21.9 Å². The first-order valence-corrected chi connectivity index (χ1v) is 6.24. The van der Waals surface area contributed by atoms with Crippen LogP contribution in [0.25, 0.3) is 0 Å². The molecular formula is C13H11Cl2NO3. The molecule has 1 aromatic heterocycles. The van der Waals surface area contributed by atoms with Gasteiger partial charge in [0.15, 0.2) is 0 Å². The number of carboxylic acid groups (broad SMARTS) is 1. The summed E-state index contributed by atoms with van der Waals surface area (Å²) in [6.07, 6.45) is 0. The predicted molar refractivity (Wildman–Crippen MR) is 74.2 cm³/mol. The SMILES string of the molecule is Cc1oc(CNc2cc(Cl)cc(Cl)c2)cc1C(=O)O. The second-order valence-corrected chi connectivity index (χ2v) is 4.87. The molecular weight excluding hydrogens is 289 g/mol. The van der Waals surface area contributed by atoms with Crippen LogP contribution in [-0.4, -0.2) is 11.1 Å². The number of furan rings is 1. The maximum atomic E-state index is 10.9. The lowest BCUT2D eigenvalue weighted by Crippen LogP contribution is -1.98. The fourth-order valence-electron chi connectivity index (χ4n) is 1.69. The first kappa shape index (κ1) is 13.8. The van der Waals surface area contributed by atoms with Gasteiger partial charge in [0, 0.05) is 15.7 Å². The van der Waals surface area contributed by atoms with Crippen molar-refractivity contribution in [2.24, 2.45) is 0 Å². The third-order valence-corrected chi connectivity index (χ3v) is 2.96. The van der Waals surface area contributed by atoms with Crippen LogP contribution in [0.3, 0.4) is 0 Å². The van der Waals surface area contributed by atoms with E-state index in [-0.39, 0.29) is 5.56 Å². The molecule has 0 aliphatic rings. The van der Waals surface area contributed by atoms with E-state index in [4.69, 9.17) is 32.7 Å². The number of hydrogen-bond acceptors (Lipinski definition) is 3. The highest BCUT2D eigenvalue weighted by Crippen LogP contribution is 2.23. The van der Waals surface area contributed by atoms with Gasteiger partial charge < -0.3 is 14.8 Å². The van der Waals surface area contributed by atoms with E-state index in [0.717, 1.165) is 5.69 Å². The van der Waals surface area contributed by atoms with Crippen LogP contribution in [0.15, 0.2) is 28.7 Å². The molecule has 0 bridgehead atoms. The summed E-state index contributed by atoms with van der Waals surface area (Å²) in [5.41, 5.74) is 0.907. The second-order valence-electron chi connectivity index (χ2n) is 4.00. The quantitative estimate of drug-likeness (QED) is 0.888. The van der Waals surface area contributed by atoms with Gasteiger partial charge in [0.05, 0.1) is 6.54 Å². The summed E-state index contributed by atoms with van der Waals surface area (Å²) < 4.78 is 5.35. The van der Waals surface area contributed by atoms with E-state index in [1.54, 1.807) is 25.1 Å². The number of benzene rings is 1. The highest BCUT2D eigenvalue weighted by atomic mass is 35.5. The van der Waals surface area contributed by atoms with Gasteiger partial charge in [-0.05, 0) is 31.2 Å². The molecule has 0 saturated carbocycles. The van der Waals surface area contributed by atoms with Crippen molar-refractivity contribution in [2.75, 3.05) is 5.32 Å². The lowest BCUT2D eigenvalue weighted by Gasteiger charge is -2.05. The molecule has 100 valence electrons. The molecule has 0 aliphatic carbocycles. The number of anilines is 1. The number of carbonyl (C=O) groups is 1. The van der Waals surface area contributed by atoms with Crippen molar-refractivity contribution in [1.82, 2.24) is 0 Å². The van der Waals surface area contributed by atoms with Crippen LogP contribution in [0.5, 0.6) is 0 Å². The summed E-state index contributed by atoms with van der Waals surface area (Å²) >= 11 is 11.8. The molecule has 0 amide bonds. The number of carboxylic acids is 1. The molecule has 19 heavy (non-hydrogen) atoms. The van der Waals surface area contributed by atoms with Gasteiger partial charge in [-0.2, -0.15) is 0 Å². The first-order valence-electron chi connectivity index (χ1n) is 5.48. The van der Waals surface area contributed by atoms with Gasteiger partial charge in [0.25, 0.3) is 0 Å². The minimum atomic E-state index is -1.00. The molecule has 2 N–H and O–H groups in total. The Hall–Kier alpha value is -1.65. The zero-order valence-electron chi connectivity index (χ0n) is 10.0. The maximum absolute atomic E-state index is 10.9. The Bertz CT molecular complexity index is 602. The van der Waals surface area contributed by atoms with Crippen LogP contribution in [0.2, 0.25) is 10.0 Å². The summed E-state index contributed by atoms with van der Waals surface area (Å²) in [5.74, 6) is -0.0854. The van der Waals surface area contributed by atoms with Gasteiger partial charge in [0.2, 0.25) is 0 Å². The van der Waals surface area contributed by atoms with E-state index in [9.17, 15) is 4.79 Å². The lowest BCUT2D eigenvalue weighted by atomic mass is 10.2. The van der Waals surface area contributed by atoms with Crippen LogP contribution in [-0.2, 0) is 6.54 Å². The summed E-state index contributed by atoms with van der Waals surface area (Å²) in [6, 6.07) is 6.58. The van der Waals surface area contributed by atoms with Gasteiger partial charge in [-0.25, -0.2) is 4.79 Å². The number of aromatic carboxylic acids is 1. The van der Waals surface area contributed by atoms with Gasteiger partial charge in [-0.15, -0.1) is 0 Å². The van der Waals surface area contributed by atoms with Crippen LogP contribution < -0.4 is 5.32 Å². The average Bonchev–Trinajstić information content (AvgIpc) is 2.67. The summed E-state index contributed by atoms with van der Waals surface area (Å²) in [7, 11) is 0. The molecule has 0 saturated heterocycles. The molecule has 0 atom stereocenters. The molecule has 0 fully saturated rings. The van der Waals surface area contributed by atoms with E-state index in [1.807, 2.05) is 0 Å². The smallest absolute Gasteiger partial charge is 0.339 e. The minimum Gasteiger partial charge on any atom is -0.478 e. The van der Waals surface area contributed by atoms with Gasteiger partial charge in [0.1, 0.15) is 17.1 Å². The fraction of sp³-hybridized carbons (Fsp3) is 0.154. The maximum Gasteiger partial charge on any atom is 0.339 e. The molecule has 2 rings (SSSR count). The van der Waals surface area contributed by atoms with Crippen molar-refractivity contribution < 1.29 is 14.3 Å². The Morgan fingerprint density at radius 2 is 1.89 bits per heavy atom. The van der Waals surface area contributed by atoms with Gasteiger partial charge >= 0.3 is 5.97 Å². The summed E-state index contributed by atoms with van der Waals surface area (Å²) in [4.78, 5) is 10.9. The van der Waals surface area contributed by atoms with Crippen molar-refractivity contribution in [2.45, 2.75) is 13.5 Å². The molecule has 6 heteroatoms. The molecule has 1 aromatic carbocycles. The van der Waals surface area contributed by atoms with E-state index in [2.05, 4.69) is 5.32 Å². The third kappa shape index (κ3) is 3.43. The highest BCUT2D eigenvalue weighted by Gasteiger charge is 2.13. The topological polar surface area (TPSA) is 62.5 Å². The first-order chi connectivity index (χ1) is 8.95. The van der Waals surface area contributed by atoms with Crippen LogP contribution >= 0.6 is 23.2 Å². The number of rotatable bonds is 4. The monoisotopic (exact) mass is 299 g/mol. The minimum absolute atomic E-state index is 0.168. The summed E-state index contributed by atoms with van der Waals surface area (Å²) in [6.45, 7) is 1.97. The van der Waals surface area contributed by atoms with Gasteiger partial charge in [-0.1, -0.05) is 23.2 Å². The average molecular weight is 300 g/mol. The van der Waals surface area contributed by atoms with Crippen molar-refractivity contribution in [3.8, 4) is 0 Å². The third-order valence-electron chi connectivity index (χ3n) is 2.53. The van der Waals surface area contributed by atoms with Crippen molar-refractivity contribution in [1.29, 1.82) is 0 Å². The number of aryl methyl sites for hydroxylation is 1. The van der Waals surface area contributed by atoms with Crippen molar-refractivity contribution in [3.63, 3.8) is 0 Å². The molecule has 0 spiro atoms. The Kier molecular flexibility index (Phi) is 4.02. The van der Waals surface area contributed by atoms with E-state index in [0.29, 0.717) is 28.1 Å². The molecule has 4 nitrogen and oxygen atoms in total. The second kappa shape index (κ2) is 5.55. The van der Waals surface area contributed by atoms with Gasteiger partial charge in [-0.3, -0.25) is 0 Å². The highest BCUT2D eigenvalue weighted by molar-refractivity contribution is 6.35. The van der Waals surface area contributed by atoms with Crippen LogP contribution in [0.4, 0.5) is 5.69 Å². The van der Waals surface area contributed by atoms with Crippen LogP contribution in [0, 0.1) is 6.92 Å². The normalized spacial score (nSPS) is 10.5. The molecule has 2 aromatic rings. The largest absolute Gasteiger partial charge is 0.478 e. The molecule has 0 aliphatic heterocycles. The number of nitrogens with one attached hydrogen (secondary N) is 1. The number of hydrogen-bond donors (Lipinski definition) is 2. The fourth-order valence-corrected chi connectivity index (χ4v) is 2.21. The molecule has 1 heterocycles. The molecule has 0 unspecified atom stereocenters. The van der Waals surface area contributed by atoms with E-state index in [1.165, 1.54) is 6.07 Å². The zero-order valence-corrected chi connectivity index (χ0v) is 11.5. The van der Waals surface area contributed by atoms with E-state index < -0.39 is 5.97 Å². The predicted octanol–water partition coefficient (Wildman–Crippen LogP) is 4.21. The van der Waals surface area contributed by atoms with Crippen molar-refractivity contribution in [3.05, 3.63) is 51.4 Å². The Morgan fingerprint density at radius 1 is 1.26 bits per heavy atom.